The number of halogens is 6. The number of nitrogens with one attached hydrogen (secondary N) is 1. The first kappa shape index (κ1) is 31.9. The third kappa shape index (κ3) is 6.77. The minimum absolute atomic E-state index is 0.0386. The molecular formula is C27H33F6N3O6. The fraction of sp³-hybridized carbons (Fsp3) is 0.667. The van der Waals surface area contributed by atoms with E-state index in [0.717, 1.165) is 0 Å². The minimum Gasteiger partial charge on any atom is -0.427 e. The average molecular weight is 610 g/mol. The summed E-state index contributed by atoms with van der Waals surface area (Å²) >= 11 is 0. The van der Waals surface area contributed by atoms with E-state index in [-0.39, 0.29) is 43.0 Å². The van der Waals surface area contributed by atoms with E-state index in [1.54, 1.807) is 0 Å². The van der Waals surface area contributed by atoms with Crippen LogP contribution in [0.15, 0.2) is 18.2 Å². The molecule has 1 spiro atoms. The van der Waals surface area contributed by atoms with Gasteiger partial charge in [0.1, 0.15) is 6.04 Å². The second-order valence-electron chi connectivity index (χ2n) is 11.3. The van der Waals surface area contributed by atoms with Crippen molar-refractivity contribution < 1.29 is 54.9 Å². The maximum absolute atomic E-state index is 13.4. The van der Waals surface area contributed by atoms with Crippen LogP contribution in [0.2, 0.25) is 0 Å². The number of hydrogen-bond acceptors (Lipinski definition) is 7. The summed E-state index contributed by atoms with van der Waals surface area (Å²) in [5.41, 5.74) is 0.775. The number of benzene rings is 1. The van der Waals surface area contributed by atoms with E-state index >= 15 is 0 Å². The zero-order chi connectivity index (χ0) is 31.1. The van der Waals surface area contributed by atoms with Crippen LogP contribution in [0.5, 0.6) is 0 Å². The van der Waals surface area contributed by atoms with Gasteiger partial charge in [0.2, 0.25) is 12.7 Å². The lowest BCUT2D eigenvalue weighted by Crippen LogP contribution is -2.61. The van der Waals surface area contributed by atoms with Crippen LogP contribution in [0.25, 0.3) is 0 Å². The van der Waals surface area contributed by atoms with E-state index in [2.05, 4.69) is 5.32 Å². The van der Waals surface area contributed by atoms with Crippen LogP contribution in [-0.2, 0) is 36.2 Å². The summed E-state index contributed by atoms with van der Waals surface area (Å²) in [6, 6.07) is 0.371. The summed E-state index contributed by atoms with van der Waals surface area (Å²) in [5, 5.41) is 2.92. The average Bonchev–Trinajstić information content (AvgIpc) is 3.50. The monoisotopic (exact) mass is 609 g/mol. The van der Waals surface area contributed by atoms with Gasteiger partial charge >= 0.3 is 24.4 Å². The number of ether oxygens (including phenoxy) is 3. The number of fused-ring (bicyclic) bond motifs is 1. The van der Waals surface area contributed by atoms with Gasteiger partial charge in [-0.2, -0.15) is 26.3 Å². The number of carbonyl (C=O) groups is 3. The highest BCUT2D eigenvalue weighted by molar-refractivity contribution is 5.80. The first-order chi connectivity index (χ1) is 19.5. The van der Waals surface area contributed by atoms with E-state index in [1.165, 1.54) is 11.8 Å². The molecule has 1 aliphatic carbocycles. The molecule has 2 heterocycles. The van der Waals surface area contributed by atoms with E-state index in [0.29, 0.717) is 44.2 Å². The molecule has 2 unspecified atom stereocenters. The molecule has 2 aliphatic heterocycles. The molecule has 5 atom stereocenters. The van der Waals surface area contributed by atoms with Crippen molar-refractivity contribution in [2.75, 3.05) is 19.9 Å². The number of rotatable bonds is 9. The molecule has 42 heavy (non-hydrogen) atoms. The molecule has 3 aliphatic rings. The van der Waals surface area contributed by atoms with Gasteiger partial charge in [-0.15, -0.1) is 0 Å². The van der Waals surface area contributed by atoms with E-state index in [9.17, 15) is 40.7 Å². The largest absolute Gasteiger partial charge is 0.427 e. The molecule has 234 valence electrons. The summed E-state index contributed by atoms with van der Waals surface area (Å²) in [6.07, 6.45) is -9.43. The van der Waals surface area contributed by atoms with Crippen LogP contribution in [0, 0.1) is 5.92 Å². The first-order valence-corrected chi connectivity index (χ1v) is 13.6. The Bertz CT molecular complexity index is 1180. The third-order valence-corrected chi connectivity index (χ3v) is 8.24. The van der Waals surface area contributed by atoms with Gasteiger partial charge in [0, 0.05) is 13.0 Å². The molecule has 2 amide bonds. The molecule has 3 N–H and O–H groups in total. The quantitative estimate of drug-likeness (QED) is 0.237. The molecule has 0 radical (unpaired) electrons. The lowest BCUT2D eigenvalue weighted by Gasteiger charge is -2.44. The Labute approximate surface area is 238 Å². The van der Waals surface area contributed by atoms with Crippen LogP contribution < -0.4 is 11.1 Å². The van der Waals surface area contributed by atoms with Crippen molar-refractivity contribution in [3.63, 3.8) is 0 Å². The normalized spacial score (nSPS) is 26.8. The lowest BCUT2D eigenvalue weighted by molar-refractivity contribution is -0.155. The van der Waals surface area contributed by atoms with Crippen LogP contribution in [0.4, 0.5) is 31.1 Å². The Morgan fingerprint density at radius 1 is 1.10 bits per heavy atom. The number of nitrogens with two attached hydrogens (primary N) is 1. The molecule has 15 heteroatoms. The highest BCUT2D eigenvalue weighted by Crippen LogP contribution is 2.58. The highest BCUT2D eigenvalue weighted by atomic mass is 19.4. The van der Waals surface area contributed by atoms with Crippen LogP contribution >= 0.6 is 0 Å². The highest BCUT2D eigenvalue weighted by Gasteiger charge is 2.67. The lowest BCUT2D eigenvalue weighted by atomic mass is 9.84. The molecular weight excluding hydrogens is 576 g/mol. The number of esters is 1. The van der Waals surface area contributed by atoms with Crippen molar-refractivity contribution in [2.45, 2.75) is 87.9 Å². The Balaban J connectivity index is 1.50. The Morgan fingerprint density at radius 2 is 1.74 bits per heavy atom. The molecule has 1 aromatic rings. The molecule has 4 rings (SSSR count). The molecule has 3 fully saturated rings. The van der Waals surface area contributed by atoms with E-state index < -0.39 is 65.6 Å². The summed E-state index contributed by atoms with van der Waals surface area (Å²) in [5.74, 6) is -1.11. The second-order valence-corrected chi connectivity index (χ2v) is 11.3. The predicted octanol–water partition coefficient (Wildman–Crippen LogP) is 4.68. The van der Waals surface area contributed by atoms with Crippen molar-refractivity contribution in [1.29, 1.82) is 0 Å². The van der Waals surface area contributed by atoms with Crippen LogP contribution in [0.3, 0.4) is 0 Å². The maximum atomic E-state index is 13.4. The van der Waals surface area contributed by atoms with Gasteiger partial charge in [0.15, 0.2) is 0 Å². The molecule has 2 saturated heterocycles. The topological polar surface area (TPSA) is 120 Å². The van der Waals surface area contributed by atoms with E-state index in [4.69, 9.17) is 19.9 Å². The van der Waals surface area contributed by atoms with Gasteiger partial charge in [-0.3, -0.25) is 14.5 Å². The Morgan fingerprint density at radius 3 is 2.29 bits per heavy atom. The number of hydrogen-bond donors (Lipinski definition) is 2. The number of piperidine rings is 1. The van der Waals surface area contributed by atoms with Gasteiger partial charge in [-0.1, -0.05) is 13.3 Å². The van der Waals surface area contributed by atoms with Crippen LogP contribution in [0.1, 0.15) is 75.2 Å². The smallest absolute Gasteiger partial charge is 0.416 e. The zero-order valence-corrected chi connectivity index (χ0v) is 23.1. The van der Waals surface area contributed by atoms with Crippen LogP contribution in [-0.4, -0.2) is 59.9 Å². The Kier molecular flexibility index (Phi) is 8.76. The van der Waals surface area contributed by atoms with Gasteiger partial charge in [0.05, 0.1) is 34.9 Å². The summed E-state index contributed by atoms with van der Waals surface area (Å²) in [7, 11) is 0. The number of nitrogens with zero attached hydrogens (tertiary/aromatic N) is 1. The van der Waals surface area contributed by atoms with Gasteiger partial charge in [-0.05, 0) is 62.3 Å². The predicted molar refractivity (Wildman–Crippen MR) is 133 cm³/mol. The van der Waals surface area contributed by atoms with Crippen molar-refractivity contribution in [3.05, 3.63) is 34.9 Å². The zero-order valence-electron chi connectivity index (χ0n) is 23.1. The first-order valence-electron chi connectivity index (χ1n) is 13.6. The minimum atomic E-state index is -5.01. The standard InChI is InChI=1S/C27H33F6N3O6/c1-3-4-20(34)22(38)41-14-42-23(39)36-12-24(6-5-21(37)35-24)10-19-11-25(19,36)13-40-15(2)16-7-17(26(28,29)30)9-18(8-16)27(31,32)33/h7-9,15,19-20H,3-6,10-14,34H2,1-2H3,(H,35,37)/t15-,19?,20?,24-,25+/m1/s1. The summed E-state index contributed by atoms with van der Waals surface area (Å²) < 4.78 is 96.1. The van der Waals surface area contributed by atoms with Gasteiger partial charge in [-0.25, -0.2) is 4.79 Å². The Hall–Kier alpha value is -3.07. The summed E-state index contributed by atoms with van der Waals surface area (Å²) in [6.45, 7) is 2.27. The van der Waals surface area contributed by atoms with Gasteiger partial charge < -0.3 is 25.3 Å². The number of alkyl halides is 6. The third-order valence-electron chi connectivity index (χ3n) is 8.24. The van der Waals surface area contributed by atoms with Crippen molar-refractivity contribution in [1.82, 2.24) is 10.2 Å². The van der Waals surface area contributed by atoms with Crippen molar-refractivity contribution in [3.8, 4) is 0 Å². The molecule has 0 aromatic heterocycles. The molecule has 1 aromatic carbocycles. The van der Waals surface area contributed by atoms with Gasteiger partial charge in [0.25, 0.3) is 0 Å². The summed E-state index contributed by atoms with van der Waals surface area (Å²) in [4.78, 5) is 38.6. The maximum Gasteiger partial charge on any atom is 0.416 e. The second kappa shape index (κ2) is 11.5. The number of carbonyl (C=O) groups excluding carboxylic acids is 3. The van der Waals surface area contributed by atoms with E-state index in [1.807, 2.05) is 6.92 Å². The fourth-order valence-electron chi connectivity index (χ4n) is 5.83. The fourth-order valence-corrected chi connectivity index (χ4v) is 5.83. The SMILES string of the molecule is CCCC(N)C(=O)OCOC(=O)N1C[C@@]2(CCC(=O)N2)CC2C[C@]21CO[C@H](C)c1cc(C(F)(F)F)cc(C(F)(F)F)c1. The molecule has 9 nitrogen and oxygen atoms in total. The molecule has 0 bridgehead atoms. The molecule has 1 saturated carbocycles. The number of amides is 2. The van der Waals surface area contributed by atoms with Crippen molar-refractivity contribution >= 4 is 18.0 Å². The number of likely N-dealkylation sites (tertiary alicyclic amines) is 1. The van der Waals surface area contributed by atoms with Crippen molar-refractivity contribution in [2.24, 2.45) is 11.7 Å².